The normalized spacial score (nSPS) is 22.2. The summed E-state index contributed by atoms with van der Waals surface area (Å²) in [5, 5.41) is 5.32. The molecule has 1 aromatic carbocycles. The second-order valence-corrected chi connectivity index (χ2v) is 7.48. The molecule has 0 radical (unpaired) electrons. The maximum atomic E-state index is 13.2. The second kappa shape index (κ2) is 11.8. The number of likely N-dealkylation sites (tertiary alicyclic amines) is 1. The summed E-state index contributed by atoms with van der Waals surface area (Å²) in [4.78, 5) is 62.3. The summed E-state index contributed by atoms with van der Waals surface area (Å²) >= 11 is 0. The van der Waals surface area contributed by atoms with Crippen LogP contribution in [0.1, 0.15) is 34.1 Å². The number of carbonyl (C=O) groups is 5. The highest BCUT2D eigenvalue weighted by molar-refractivity contribution is 5.89. The predicted molar refractivity (Wildman–Crippen MR) is 116 cm³/mol. The summed E-state index contributed by atoms with van der Waals surface area (Å²) < 4.78 is 15.9. The Kier molecular flexibility index (Phi) is 9.19. The average Bonchev–Trinajstić information content (AvgIpc) is 2.73. The molecule has 1 aliphatic rings. The maximum Gasteiger partial charge on any atom is 0.319 e. The van der Waals surface area contributed by atoms with Gasteiger partial charge in [-0.15, -0.1) is 0 Å². The number of carbonyl (C=O) groups excluding carboxylic acids is 5. The first-order valence-electron chi connectivity index (χ1n) is 10.6. The molecule has 1 aliphatic heterocycles. The van der Waals surface area contributed by atoms with Gasteiger partial charge in [-0.05, 0) is 18.6 Å². The number of anilines is 1. The highest BCUT2D eigenvalue weighted by Gasteiger charge is 2.53. The second-order valence-electron chi connectivity index (χ2n) is 7.48. The highest BCUT2D eigenvalue weighted by atomic mass is 16.6. The van der Waals surface area contributed by atoms with Gasteiger partial charge in [-0.3, -0.25) is 19.2 Å². The van der Waals surface area contributed by atoms with Gasteiger partial charge in [0.1, 0.15) is 0 Å². The van der Waals surface area contributed by atoms with Crippen LogP contribution in [-0.4, -0.2) is 72.2 Å². The average molecular weight is 463 g/mol. The molecule has 0 bridgehead atoms. The first-order chi connectivity index (χ1) is 15.6. The van der Waals surface area contributed by atoms with Crippen LogP contribution in [0.25, 0.3) is 0 Å². The topological polar surface area (TPSA) is 140 Å². The lowest BCUT2D eigenvalue weighted by Crippen LogP contribution is -2.69. The first-order valence-corrected chi connectivity index (χ1v) is 10.6. The fraction of sp³-hybridized carbons (Fsp3) is 0.500. The molecule has 1 aromatic rings. The van der Waals surface area contributed by atoms with Gasteiger partial charge in [0.25, 0.3) is 5.91 Å². The third-order valence-electron chi connectivity index (χ3n) is 4.79. The van der Waals surface area contributed by atoms with Crippen LogP contribution in [0.3, 0.4) is 0 Å². The van der Waals surface area contributed by atoms with Crippen molar-refractivity contribution in [1.29, 1.82) is 0 Å². The third-order valence-corrected chi connectivity index (χ3v) is 4.79. The Balaban J connectivity index is 2.33. The standard InChI is InChI=1S/C22H29N3O8/c1-5-11-25-17(12-23-22(30)24-16-9-7-6-8-10-16)18(31-13(2)26)19(32-14(3)27)20(21(25)29)33-15(4)28/h6-10,17-20H,5,11-12H2,1-4H3,(H2,23,24,30)/t17-,18-,19-,20-/m1/s1. The quantitative estimate of drug-likeness (QED) is 0.433. The predicted octanol–water partition coefficient (Wildman–Crippen LogP) is 1.22. The van der Waals surface area contributed by atoms with Crippen molar-refractivity contribution in [3.05, 3.63) is 30.3 Å². The van der Waals surface area contributed by atoms with Crippen LogP contribution in [0, 0.1) is 0 Å². The van der Waals surface area contributed by atoms with Crippen LogP contribution >= 0.6 is 0 Å². The van der Waals surface area contributed by atoms with Crippen molar-refractivity contribution in [1.82, 2.24) is 10.2 Å². The molecule has 33 heavy (non-hydrogen) atoms. The van der Waals surface area contributed by atoms with Crippen molar-refractivity contribution in [3.63, 3.8) is 0 Å². The van der Waals surface area contributed by atoms with Crippen molar-refractivity contribution in [2.45, 2.75) is 58.5 Å². The van der Waals surface area contributed by atoms with Crippen molar-refractivity contribution in [2.75, 3.05) is 18.4 Å². The molecule has 4 atom stereocenters. The van der Waals surface area contributed by atoms with E-state index in [0.717, 1.165) is 13.8 Å². The van der Waals surface area contributed by atoms with E-state index in [-0.39, 0.29) is 13.1 Å². The zero-order valence-corrected chi connectivity index (χ0v) is 19.0. The van der Waals surface area contributed by atoms with Crippen LogP contribution in [0.4, 0.5) is 10.5 Å². The number of amides is 3. The van der Waals surface area contributed by atoms with E-state index in [1.165, 1.54) is 11.8 Å². The molecule has 1 fully saturated rings. The number of piperidine rings is 1. The third kappa shape index (κ3) is 7.19. The highest BCUT2D eigenvalue weighted by Crippen LogP contribution is 2.28. The van der Waals surface area contributed by atoms with Gasteiger partial charge in [-0.25, -0.2) is 4.79 Å². The molecule has 180 valence electrons. The lowest BCUT2D eigenvalue weighted by molar-refractivity contribution is -0.207. The smallest absolute Gasteiger partial charge is 0.319 e. The molecule has 0 aromatic heterocycles. The van der Waals surface area contributed by atoms with E-state index in [0.29, 0.717) is 12.1 Å². The lowest BCUT2D eigenvalue weighted by atomic mass is 9.91. The Morgan fingerprint density at radius 1 is 0.909 bits per heavy atom. The minimum Gasteiger partial charge on any atom is -0.456 e. The first kappa shape index (κ1) is 25.6. The lowest BCUT2D eigenvalue weighted by Gasteiger charge is -2.46. The van der Waals surface area contributed by atoms with Crippen molar-refractivity contribution in [2.24, 2.45) is 0 Å². The summed E-state index contributed by atoms with van der Waals surface area (Å²) in [6.45, 7) is 5.35. The monoisotopic (exact) mass is 463 g/mol. The van der Waals surface area contributed by atoms with Crippen LogP contribution in [0.5, 0.6) is 0 Å². The molecule has 1 saturated heterocycles. The van der Waals surface area contributed by atoms with Gasteiger partial charge in [0.2, 0.25) is 6.10 Å². The van der Waals surface area contributed by atoms with Crippen LogP contribution in [0.15, 0.2) is 30.3 Å². The van der Waals surface area contributed by atoms with Gasteiger partial charge >= 0.3 is 23.9 Å². The Morgan fingerprint density at radius 2 is 1.48 bits per heavy atom. The van der Waals surface area contributed by atoms with Crippen LogP contribution in [-0.2, 0) is 33.4 Å². The zero-order valence-electron chi connectivity index (χ0n) is 19.0. The van der Waals surface area contributed by atoms with Gasteiger partial charge in [-0.1, -0.05) is 25.1 Å². The van der Waals surface area contributed by atoms with Crippen LogP contribution in [0.2, 0.25) is 0 Å². The fourth-order valence-corrected chi connectivity index (χ4v) is 3.63. The van der Waals surface area contributed by atoms with E-state index in [1.807, 2.05) is 6.92 Å². The van der Waals surface area contributed by atoms with E-state index < -0.39 is 54.2 Å². The summed E-state index contributed by atoms with van der Waals surface area (Å²) in [5.41, 5.74) is 0.560. The Labute approximate surface area is 191 Å². The van der Waals surface area contributed by atoms with Crippen molar-refractivity contribution >= 4 is 35.5 Å². The molecule has 0 unspecified atom stereocenters. The van der Waals surface area contributed by atoms with Crippen molar-refractivity contribution in [3.8, 4) is 0 Å². The summed E-state index contributed by atoms with van der Waals surface area (Å²) in [7, 11) is 0. The molecule has 0 spiro atoms. The largest absolute Gasteiger partial charge is 0.456 e. The van der Waals surface area contributed by atoms with Gasteiger partial charge < -0.3 is 29.7 Å². The molecule has 11 heteroatoms. The van der Waals surface area contributed by atoms with Gasteiger partial charge in [0.05, 0.1) is 6.04 Å². The molecule has 2 N–H and O–H groups in total. The molecular formula is C22H29N3O8. The van der Waals surface area contributed by atoms with Gasteiger partial charge in [0, 0.05) is 39.5 Å². The number of urea groups is 1. The molecular weight excluding hydrogens is 434 g/mol. The number of nitrogens with one attached hydrogen (secondary N) is 2. The van der Waals surface area contributed by atoms with E-state index in [1.54, 1.807) is 30.3 Å². The van der Waals surface area contributed by atoms with E-state index in [2.05, 4.69) is 10.6 Å². The fourth-order valence-electron chi connectivity index (χ4n) is 3.63. The Bertz CT molecular complexity index is 876. The number of esters is 3. The summed E-state index contributed by atoms with van der Waals surface area (Å²) in [6, 6.07) is 7.31. The van der Waals surface area contributed by atoms with Gasteiger partial charge in [0.15, 0.2) is 12.2 Å². The SMILES string of the molecule is CCCN1C(=O)[C@H](OC(C)=O)[C@H](OC(C)=O)[C@H](OC(C)=O)[C@H]1CNC(=O)Nc1ccccc1. The number of hydrogen-bond donors (Lipinski definition) is 2. The maximum absolute atomic E-state index is 13.2. The number of para-hydroxylation sites is 1. The molecule has 0 saturated carbocycles. The van der Waals surface area contributed by atoms with E-state index >= 15 is 0 Å². The molecule has 1 heterocycles. The van der Waals surface area contributed by atoms with Crippen molar-refractivity contribution < 1.29 is 38.2 Å². The van der Waals surface area contributed by atoms with E-state index in [4.69, 9.17) is 14.2 Å². The van der Waals surface area contributed by atoms with Crippen LogP contribution < -0.4 is 10.6 Å². The summed E-state index contributed by atoms with van der Waals surface area (Å²) in [5.74, 6) is -2.82. The Morgan fingerprint density at radius 3 is 2.03 bits per heavy atom. The van der Waals surface area contributed by atoms with Gasteiger partial charge in [-0.2, -0.15) is 0 Å². The number of rotatable bonds is 8. The Hall–Kier alpha value is -3.63. The number of hydrogen-bond acceptors (Lipinski definition) is 8. The molecule has 0 aliphatic carbocycles. The molecule has 2 rings (SSSR count). The zero-order chi connectivity index (χ0) is 24.5. The minimum absolute atomic E-state index is 0.118. The summed E-state index contributed by atoms with van der Waals surface area (Å²) in [6.07, 6.45) is -3.51. The molecule has 3 amide bonds. The minimum atomic E-state index is -1.49. The number of nitrogens with zero attached hydrogens (tertiary/aromatic N) is 1. The molecule has 11 nitrogen and oxygen atoms in total. The number of benzene rings is 1. The van der Waals surface area contributed by atoms with E-state index in [9.17, 15) is 24.0 Å². The number of ether oxygens (including phenoxy) is 3.